The van der Waals surface area contributed by atoms with Crippen LogP contribution < -0.4 is 10.6 Å². The quantitative estimate of drug-likeness (QED) is 0.311. The lowest BCUT2D eigenvalue weighted by molar-refractivity contribution is 0.125. The number of hydrogen-bond acceptors (Lipinski definition) is 4. The van der Waals surface area contributed by atoms with E-state index in [1.807, 2.05) is 11.3 Å². The minimum absolute atomic E-state index is 0. The van der Waals surface area contributed by atoms with Crippen LogP contribution in [-0.4, -0.2) is 55.8 Å². The monoisotopic (exact) mass is 492 g/mol. The number of nitrogens with zero attached hydrogens (tertiary/aromatic N) is 2. The second-order valence-corrected chi connectivity index (χ2v) is 8.56. The van der Waals surface area contributed by atoms with Gasteiger partial charge in [-0.05, 0) is 63.6 Å². The Balaban J connectivity index is 0.00000243. The predicted octanol–water partition coefficient (Wildman–Crippen LogP) is 3.08. The van der Waals surface area contributed by atoms with Crippen molar-refractivity contribution < 1.29 is 5.11 Å². The number of nitrogens with one attached hydrogen (secondary N) is 2. The van der Waals surface area contributed by atoms with Gasteiger partial charge < -0.3 is 15.7 Å². The first-order chi connectivity index (χ1) is 12.2. The molecule has 2 heterocycles. The van der Waals surface area contributed by atoms with Crippen LogP contribution in [0.2, 0.25) is 0 Å². The summed E-state index contributed by atoms with van der Waals surface area (Å²) in [6.45, 7) is 6.04. The smallest absolute Gasteiger partial charge is 0.191 e. The van der Waals surface area contributed by atoms with E-state index in [4.69, 9.17) is 4.99 Å². The number of hydrogen-bond donors (Lipinski definition) is 3. The van der Waals surface area contributed by atoms with Gasteiger partial charge in [-0.1, -0.05) is 6.07 Å². The topological polar surface area (TPSA) is 59.9 Å². The Morgan fingerprint density at radius 3 is 2.85 bits per heavy atom. The normalized spacial score (nSPS) is 25.4. The van der Waals surface area contributed by atoms with Gasteiger partial charge >= 0.3 is 0 Å². The molecular weight excluding hydrogens is 459 g/mol. The van der Waals surface area contributed by atoms with Crippen molar-refractivity contribution in [1.82, 2.24) is 15.5 Å². The molecule has 2 aliphatic rings. The molecule has 3 N–H and O–H groups in total. The fraction of sp³-hybridized carbons (Fsp3) is 0.737. The highest BCUT2D eigenvalue weighted by molar-refractivity contribution is 14.0. The van der Waals surface area contributed by atoms with E-state index in [1.165, 1.54) is 24.3 Å². The molecule has 1 aromatic rings. The third-order valence-corrected chi connectivity index (χ3v) is 6.53. The highest BCUT2D eigenvalue weighted by Gasteiger charge is 2.41. The molecule has 0 aromatic carbocycles. The van der Waals surface area contributed by atoms with Gasteiger partial charge in [-0.3, -0.25) is 9.89 Å². The standard InChI is InChI=1S/C19H32N4OS.HI/c1-3-20-18(22-13-19(14-24)8-9-19)21-12-15-6-4-10-23(2)17(15)16-7-5-11-25-16;/h5,7,11,15,17,24H,3-4,6,8-10,12-14H2,1-2H3,(H2,20,21,22);1H. The molecule has 1 aromatic heterocycles. The molecule has 1 aliphatic heterocycles. The largest absolute Gasteiger partial charge is 0.396 e. The van der Waals surface area contributed by atoms with Crippen molar-refractivity contribution in [2.75, 3.05) is 39.8 Å². The van der Waals surface area contributed by atoms with E-state index >= 15 is 0 Å². The van der Waals surface area contributed by atoms with Gasteiger partial charge in [0.05, 0.1) is 13.2 Å². The summed E-state index contributed by atoms with van der Waals surface area (Å²) in [6.07, 6.45) is 4.70. The van der Waals surface area contributed by atoms with E-state index in [0.29, 0.717) is 12.0 Å². The first-order valence-electron chi connectivity index (χ1n) is 9.54. The van der Waals surface area contributed by atoms with Crippen LogP contribution in [0.5, 0.6) is 0 Å². The fourth-order valence-electron chi connectivity index (χ4n) is 3.74. The van der Waals surface area contributed by atoms with Gasteiger partial charge in [0.15, 0.2) is 5.96 Å². The lowest BCUT2D eigenvalue weighted by Crippen LogP contribution is -2.45. The molecule has 1 saturated heterocycles. The number of aliphatic hydroxyl groups excluding tert-OH is 1. The van der Waals surface area contributed by atoms with Crippen molar-refractivity contribution in [3.8, 4) is 0 Å². The van der Waals surface area contributed by atoms with E-state index in [2.05, 4.69) is 47.0 Å². The van der Waals surface area contributed by atoms with E-state index in [-0.39, 0.29) is 36.0 Å². The zero-order valence-corrected chi connectivity index (χ0v) is 19.1. The molecular formula is C19H33IN4OS. The van der Waals surface area contributed by atoms with Crippen molar-refractivity contribution in [3.05, 3.63) is 22.4 Å². The van der Waals surface area contributed by atoms with Gasteiger partial charge in [-0.25, -0.2) is 0 Å². The Kier molecular flexibility index (Phi) is 8.63. The third-order valence-electron chi connectivity index (χ3n) is 5.58. The van der Waals surface area contributed by atoms with Crippen LogP contribution in [0.3, 0.4) is 0 Å². The SMILES string of the molecule is CCNC(=NCC1(CO)CC1)NCC1CCCN(C)C1c1cccs1.I. The minimum Gasteiger partial charge on any atom is -0.396 e. The van der Waals surface area contributed by atoms with Gasteiger partial charge in [0.2, 0.25) is 0 Å². The van der Waals surface area contributed by atoms with Gasteiger partial charge in [0.25, 0.3) is 0 Å². The number of aliphatic hydroxyl groups is 1. The molecule has 2 fully saturated rings. The molecule has 0 amide bonds. The van der Waals surface area contributed by atoms with Crippen LogP contribution >= 0.6 is 35.3 Å². The number of piperidine rings is 1. The molecule has 2 atom stereocenters. The Morgan fingerprint density at radius 1 is 1.42 bits per heavy atom. The zero-order chi connectivity index (χ0) is 17.7. The zero-order valence-electron chi connectivity index (χ0n) is 15.9. The molecule has 26 heavy (non-hydrogen) atoms. The Labute approximate surface area is 178 Å². The van der Waals surface area contributed by atoms with E-state index < -0.39 is 0 Å². The number of halogens is 1. The lowest BCUT2D eigenvalue weighted by atomic mass is 9.88. The summed E-state index contributed by atoms with van der Waals surface area (Å²) in [4.78, 5) is 8.70. The van der Waals surface area contributed by atoms with Crippen molar-refractivity contribution in [1.29, 1.82) is 0 Å². The maximum atomic E-state index is 9.49. The minimum atomic E-state index is 0. The van der Waals surface area contributed by atoms with Crippen LogP contribution in [0.1, 0.15) is 43.5 Å². The number of guanidine groups is 1. The van der Waals surface area contributed by atoms with Gasteiger partial charge in [-0.15, -0.1) is 35.3 Å². The summed E-state index contributed by atoms with van der Waals surface area (Å²) in [5.74, 6) is 1.48. The Hall–Kier alpha value is -0.380. The van der Waals surface area contributed by atoms with Gasteiger partial charge in [-0.2, -0.15) is 0 Å². The number of thiophene rings is 1. The fourth-order valence-corrected chi connectivity index (χ4v) is 4.73. The van der Waals surface area contributed by atoms with Gasteiger partial charge in [0.1, 0.15) is 0 Å². The second-order valence-electron chi connectivity index (χ2n) is 7.58. The molecule has 0 spiro atoms. The highest BCUT2D eigenvalue weighted by atomic mass is 127. The molecule has 0 radical (unpaired) electrons. The predicted molar refractivity (Wildman–Crippen MR) is 121 cm³/mol. The highest BCUT2D eigenvalue weighted by Crippen LogP contribution is 2.45. The third kappa shape index (κ3) is 5.56. The van der Waals surface area contributed by atoms with E-state index in [0.717, 1.165) is 38.4 Å². The molecule has 0 bridgehead atoms. The lowest BCUT2D eigenvalue weighted by Gasteiger charge is -2.39. The number of aliphatic imine (C=N–C) groups is 1. The first-order valence-corrected chi connectivity index (χ1v) is 10.4. The van der Waals surface area contributed by atoms with Crippen LogP contribution in [0.4, 0.5) is 0 Å². The molecule has 1 aliphatic carbocycles. The molecule has 148 valence electrons. The first kappa shape index (κ1) is 21.9. The maximum absolute atomic E-state index is 9.49. The summed E-state index contributed by atoms with van der Waals surface area (Å²) >= 11 is 1.86. The summed E-state index contributed by atoms with van der Waals surface area (Å²) in [5, 5.41) is 18.6. The summed E-state index contributed by atoms with van der Waals surface area (Å²) in [7, 11) is 2.24. The van der Waals surface area contributed by atoms with Crippen molar-refractivity contribution in [2.24, 2.45) is 16.3 Å². The maximum Gasteiger partial charge on any atom is 0.191 e. The average Bonchev–Trinajstić information content (AvgIpc) is 3.21. The number of rotatable bonds is 7. The molecule has 2 unspecified atom stereocenters. The van der Waals surface area contributed by atoms with Crippen LogP contribution in [0.15, 0.2) is 22.5 Å². The van der Waals surface area contributed by atoms with Crippen molar-refractivity contribution in [2.45, 2.75) is 38.6 Å². The molecule has 5 nitrogen and oxygen atoms in total. The van der Waals surface area contributed by atoms with Gasteiger partial charge in [0, 0.05) is 29.4 Å². The summed E-state index contributed by atoms with van der Waals surface area (Å²) in [5.41, 5.74) is 0.0624. The van der Waals surface area contributed by atoms with Crippen LogP contribution in [-0.2, 0) is 0 Å². The molecule has 7 heteroatoms. The van der Waals surface area contributed by atoms with Crippen LogP contribution in [0.25, 0.3) is 0 Å². The average molecular weight is 492 g/mol. The summed E-state index contributed by atoms with van der Waals surface area (Å²) < 4.78 is 0. The van der Waals surface area contributed by atoms with E-state index in [1.54, 1.807) is 0 Å². The Morgan fingerprint density at radius 2 is 2.23 bits per heavy atom. The van der Waals surface area contributed by atoms with Crippen LogP contribution in [0, 0.1) is 11.3 Å². The number of likely N-dealkylation sites (tertiary alicyclic amines) is 1. The molecule has 1 saturated carbocycles. The van der Waals surface area contributed by atoms with Crippen molar-refractivity contribution >= 4 is 41.3 Å². The van der Waals surface area contributed by atoms with Crippen molar-refractivity contribution in [3.63, 3.8) is 0 Å². The summed E-state index contributed by atoms with van der Waals surface area (Å²) in [6, 6.07) is 4.92. The van der Waals surface area contributed by atoms with E-state index in [9.17, 15) is 5.11 Å². The molecule has 3 rings (SSSR count). The Bertz CT molecular complexity index is 562. The second kappa shape index (κ2) is 10.2.